The number of carbonyl (C=O) groups is 1. The van der Waals surface area contributed by atoms with Crippen molar-refractivity contribution in [3.8, 4) is 0 Å². The molecule has 3 N–H and O–H groups in total. The molecule has 0 aliphatic rings. The number of amides is 1. The molecule has 0 atom stereocenters. The molecule has 0 saturated heterocycles. The SMILES string of the molecule is O=C(CCNCc1ncn[nH]1)Nc1nccs1. The molecule has 2 aromatic rings. The van der Waals surface area contributed by atoms with E-state index in [1.165, 1.54) is 17.7 Å². The lowest BCUT2D eigenvalue weighted by molar-refractivity contribution is -0.116. The second-order valence-corrected chi connectivity index (χ2v) is 4.14. The third kappa shape index (κ3) is 3.93. The van der Waals surface area contributed by atoms with Crippen LogP contribution in [-0.4, -0.2) is 32.6 Å². The molecule has 1 amide bonds. The second-order valence-electron chi connectivity index (χ2n) is 3.24. The number of thiazole rings is 1. The summed E-state index contributed by atoms with van der Waals surface area (Å²) in [6, 6.07) is 0. The third-order valence-corrected chi connectivity index (χ3v) is 2.65. The maximum atomic E-state index is 11.5. The van der Waals surface area contributed by atoms with Gasteiger partial charge in [-0.15, -0.1) is 11.3 Å². The summed E-state index contributed by atoms with van der Waals surface area (Å²) in [5.41, 5.74) is 0. The number of nitrogens with zero attached hydrogens (tertiary/aromatic N) is 3. The first-order chi connectivity index (χ1) is 8.34. The number of nitrogens with one attached hydrogen (secondary N) is 3. The lowest BCUT2D eigenvalue weighted by Gasteiger charge is -2.02. The van der Waals surface area contributed by atoms with E-state index in [4.69, 9.17) is 0 Å². The van der Waals surface area contributed by atoms with Crippen molar-refractivity contribution in [1.82, 2.24) is 25.5 Å². The van der Waals surface area contributed by atoms with Crippen molar-refractivity contribution in [1.29, 1.82) is 0 Å². The average Bonchev–Trinajstić information content (AvgIpc) is 2.96. The Bertz CT molecular complexity index is 440. The summed E-state index contributed by atoms with van der Waals surface area (Å²) in [5.74, 6) is 0.704. The van der Waals surface area contributed by atoms with Crippen molar-refractivity contribution in [3.05, 3.63) is 23.7 Å². The normalized spacial score (nSPS) is 10.4. The number of H-pyrrole nitrogens is 1. The van der Waals surface area contributed by atoms with Crippen molar-refractivity contribution in [2.45, 2.75) is 13.0 Å². The Morgan fingerprint density at radius 1 is 1.47 bits per heavy atom. The fraction of sp³-hybridized carbons (Fsp3) is 0.333. The quantitative estimate of drug-likeness (QED) is 0.646. The molecule has 0 fully saturated rings. The van der Waals surface area contributed by atoms with Gasteiger partial charge in [-0.25, -0.2) is 9.97 Å². The topological polar surface area (TPSA) is 95.6 Å². The summed E-state index contributed by atoms with van der Waals surface area (Å²) < 4.78 is 0. The van der Waals surface area contributed by atoms with Gasteiger partial charge in [0.2, 0.25) is 5.91 Å². The molecule has 2 heterocycles. The Balaban J connectivity index is 1.60. The lowest BCUT2D eigenvalue weighted by atomic mass is 10.4. The lowest BCUT2D eigenvalue weighted by Crippen LogP contribution is -2.21. The first-order valence-corrected chi connectivity index (χ1v) is 5.97. The fourth-order valence-electron chi connectivity index (χ4n) is 1.19. The van der Waals surface area contributed by atoms with E-state index in [1.807, 2.05) is 5.38 Å². The number of carbonyl (C=O) groups excluding carboxylic acids is 1. The van der Waals surface area contributed by atoms with Crippen molar-refractivity contribution >= 4 is 22.4 Å². The summed E-state index contributed by atoms with van der Waals surface area (Å²) in [5, 5.41) is 14.7. The van der Waals surface area contributed by atoms with Gasteiger partial charge in [-0.05, 0) is 0 Å². The van der Waals surface area contributed by atoms with Gasteiger partial charge in [0.1, 0.15) is 12.2 Å². The summed E-state index contributed by atoms with van der Waals surface area (Å²) in [7, 11) is 0. The highest BCUT2D eigenvalue weighted by atomic mass is 32.1. The van der Waals surface area contributed by atoms with Crippen LogP contribution in [0.5, 0.6) is 0 Å². The Labute approximate surface area is 102 Å². The Hall–Kier alpha value is -1.80. The van der Waals surface area contributed by atoms with Gasteiger partial charge in [-0.2, -0.15) is 5.10 Å². The Morgan fingerprint density at radius 3 is 3.12 bits per heavy atom. The van der Waals surface area contributed by atoms with Crippen LogP contribution in [0.15, 0.2) is 17.9 Å². The van der Waals surface area contributed by atoms with Gasteiger partial charge in [0, 0.05) is 24.5 Å². The number of aromatic nitrogens is 4. The van der Waals surface area contributed by atoms with Gasteiger partial charge in [0.15, 0.2) is 5.13 Å². The van der Waals surface area contributed by atoms with Crippen LogP contribution in [0.25, 0.3) is 0 Å². The number of rotatable bonds is 6. The van der Waals surface area contributed by atoms with Crippen LogP contribution >= 0.6 is 11.3 Å². The van der Waals surface area contributed by atoms with E-state index < -0.39 is 0 Å². The second kappa shape index (κ2) is 6.06. The van der Waals surface area contributed by atoms with Crippen LogP contribution in [-0.2, 0) is 11.3 Å². The average molecular weight is 252 g/mol. The molecular weight excluding hydrogens is 240 g/mol. The standard InChI is InChI=1S/C9H12N6OS/c16-8(14-9-11-3-4-17-9)1-2-10-5-7-12-6-13-15-7/h3-4,6,10H,1-2,5H2,(H,11,14,16)(H,12,13,15). The molecule has 0 aliphatic heterocycles. The summed E-state index contributed by atoms with van der Waals surface area (Å²) >= 11 is 1.40. The number of aromatic amines is 1. The molecule has 0 unspecified atom stereocenters. The first-order valence-electron chi connectivity index (χ1n) is 5.09. The molecule has 0 spiro atoms. The highest BCUT2D eigenvalue weighted by Gasteiger charge is 2.03. The highest BCUT2D eigenvalue weighted by molar-refractivity contribution is 7.13. The monoisotopic (exact) mass is 252 g/mol. The first kappa shape index (κ1) is 11.7. The minimum Gasteiger partial charge on any atom is -0.309 e. The van der Waals surface area contributed by atoms with Gasteiger partial charge >= 0.3 is 0 Å². The molecule has 0 aromatic carbocycles. The van der Waals surface area contributed by atoms with E-state index >= 15 is 0 Å². The molecular formula is C9H12N6OS. The zero-order valence-corrected chi connectivity index (χ0v) is 9.83. The van der Waals surface area contributed by atoms with Crippen molar-refractivity contribution in [2.24, 2.45) is 0 Å². The van der Waals surface area contributed by atoms with Gasteiger partial charge in [-0.3, -0.25) is 9.89 Å². The van der Waals surface area contributed by atoms with E-state index in [1.54, 1.807) is 6.20 Å². The molecule has 2 aromatic heterocycles. The summed E-state index contributed by atoms with van der Waals surface area (Å²) in [6.45, 7) is 1.16. The van der Waals surface area contributed by atoms with Crippen LogP contribution in [0.2, 0.25) is 0 Å². The molecule has 7 nitrogen and oxygen atoms in total. The maximum Gasteiger partial charge on any atom is 0.227 e. The molecule has 0 saturated carbocycles. The smallest absolute Gasteiger partial charge is 0.227 e. The summed E-state index contributed by atoms with van der Waals surface area (Å²) in [4.78, 5) is 19.4. The van der Waals surface area contributed by atoms with Crippen molar-refractivity contribution in [2.75, 3.05) is 11.9 Å². The molecule has 2 rings (SSSR count). The number of anilines is 1. The minimum atomic E-state index is -0.0509. The summed E-state index contributed by atoms with van der Waals surface area (Å²) in [6.07, 6.45) is 3.50. The van der Waals surface area contributed by atoms with Crippen LogP contribution in [0.3, 0.4) is 0 Å². The van der Waals surface area contributed by atoms with Gasteiger partial charge in [-0.1, -0.05) is 0 Å². The van der Waals surface area contributed by atoms with Crippen molar-refractivity contribution < 1.29 is 4.79 Å². The van der Waals surface area contributed by atoms with Crippen molar-refractivity contribution in [3.63, 3.8) is 0 Å². The molecule has 8 heteroatoms. The van der Waals surface area contributed by atoms with Crippen LogP contribution < -0.4 is 10.6 Å². The van der Waals surface area contributed by atoms with Gasteiger partial charge < -0.3 is 10.6 Å². The van der Waals surface area contributed by atoms with Crippen LogP contribution in [0.1, 0.15) is 12.2 Å². The van der Waals surface area contributed by atoms with E-state index in [9.17, 15) is 4.79 Å². The fourth-order valence-corrected chi connectivity index (χ4v) is 1.74. The molecule has 0 radical (unpaired) electrons. The molecule has 0 aliphatic carbocycles. The number of hydrogen-bond acceptors (Lipinski definition) is 6. The molecule has 90 valence electrons. The molecule has 17 heavy (non-hydrogen) atoms. The van der Waals surface area contributed by atoms with Gasteiger partial charge in [0.25, 0.3) is 0 Å². The predicted molar refractivity (Wildman–Crippen MR) is 63.5 cm³/mol. The number of hydrogen-bond donors (Lipinski definition) is 3. The highest BCUT2D eigenvalue weighted by Crippen LogP contribution is 2.09. The predicted octanol–water partition coefficient (Wildman–Crippen LogP) is 0.380. The zero-order chi connectivity index (χ0) is 11.9. The largest absolute Gasteiger partial charge is 0.309 e. The van der Waals surface area contributed by atoms with E-state index in [-0.39, 0.29) is 5.91 Å². The van der Waals surface area contributed by atoms with Crippen LogP contribution in [0.4, 0.5) is 5.13 Å². The Morgan fingerprint density at radius 2 is 2.41 bits per heavy atom. The van der Waals surface area contributed by atoms with E-state index in [0.29, 0.717) is 24.6 Å². The van der Waals surface area contributed by atoms with E-state index in [0.717, 1.165) is 5.82 Å². The maximum absolute atomic E-state index is 11.5. The minimum absolute atomic E-state index is 0.0509. The Kier molecular flexibility index (Phi) is 4.17. The third-order valence-electron chi connectivity index (χ3n) is 1.96. The van der Waals surface area contributed by atoms with Crippen LogP contribution in [0, 0.1) is 0 Å². The van der Waals surface area contributed by atoms with Gasteiger partial charge in [0.05, 0.1) is 6.54 Å². The zero-order valence-electron chi connectivity index (χ0n) is 9.01. The van der Waals surface area contributed by atoms with E-state index in [2.05, 4.69) is 30.8 Å². The molecule has 0 bridgehead atoms.